The fraction of sp³-hybridized carbons (Fsp3) is 0.688. The second kappa shape index (κ2) is 7.51. The van der Waals surface area contributed by atoms with Gasteiger partial charge in [-0.15, -0.1) is 21.5 Å². The van der Waals surface area contributed by atoms with Crippen molar-refractivity contribution < 1.29 is 9.15 Å². The minimum Gasteiger partial charge on any atom is -0.424 e. The topological polar surface area (TPSA) is 64.3 Å². The van der Waals surface area contributed by atoms with Crippen molar-refractivity contribution in [3.63, 3.8) is 0 Å². The van der Waals surface area contributed by atoms with E-state index in [1.54, 1.807) is 11.3 Å². The van der Waals surface area contributed by atoms with E-state index in [1.807, 2.05) is 6.92 Å². The Morgan fingerprint density at radius 1 is 1.35 bits per heavy atom. The van der Waals surface area contributed by atoms with Crippen LogP contribution in [0.25, 0.3) is 0 Å². The number of rotatable bonds is 7. The van der Waals surface area contributed by atoms with Crippen molar-refractivity contribution in [2.75, 3.05) is 13.2 Å². The Morgan fingerprint density at radius 3 is 2.83 bits per heavy atom. The molecule has 2 aromatic heterocycles. The molecule has 3 heterocycles. The van der Waals surface area contributed by atoms with Crippen LogP contribution in [0, 0.1) is 6.92 Å². The molecule has 1 aliphatic rings. The number of nitrogens with zero attached hydrogens (tertiary/aromatic N) is 4. The lowest BCUT2D eigenvalue weighted by atomic mass is 10.2. The van der Waals surface area contributed by atoms with Crippen LogP contribution in [0.3, 0.4) is 0 Å². The van der Waals surface area contributed by atoms with Gasteiger partial charge >= 0.3 is 0 Å². The molecule has 2 aromatic rings. The molecule has 0 spiro atoms. The predicted molar refractivity (Wildman–Crippen MR) is 88.3 cm³/mol. The summed E-state index contributed by atoms with van der Waals surface area (Å²) < 4.78 is 11.5. The lowest BCUT2D eigenvalue weighted by molar-refractivity contribution is 0.0646. The largest absolute Gasteiger partial charge is 0.424 e. The highest BCUT2D eigenvalue weighted by atomic mass is 32.1. The zero-order valence-electron chi connectivity index (χ0n) is 14.0. The lowest BCUT2D eigenvalue weighted by Crippen LogP contribution is -2.31. The van der Waals surface area contributed by atoms with Gasteiger partial charge in [-0.05, 0) is 19.8 Å². The van der Waals surface area contributed by atoms with Crippen molar-refractivity contribution in [3.05, 3.63) is 27.9 Å². The van der Waals surface area contributed by atoms with E-state index in [0.717, 1.165) is 43.2 Å². The van der Waals surface area contributed by atoms with Crippen LogP contribution < -0.4 is 0 Å². The highest BCUT2D eigenvalue weighted by molar-refractivity contribution is 7.09. The molecule has 1 aliphatic heterocycles. The lowest BCUT2D eigenvalue weighted by Gasteiger charge is -2.22. The van der Waals surface area contributed by atoms with Crippen LogP contribution in [0.1, 0.15) is 55.1 Å². The van der Waals surface area contributed by atoms with E-state index in [9.17, 15) is 0 Å². The quantitative estimate of drug-likeness (QED) is 0.774. The minimum absolute atomic E-state index is 0.254. The predicted octanol–water partition coefficient (Wildman–Crippen LogP) is 3.14. The summed E-state index contributed by atoms with van der Waals surface area (Å²) in [6, 6.07) is 0. The van der Waals surface area contributed by atoms with Crippen molar-refractivity contribution in [1.82, 2.24) is 20.1 Å². The van der Waals surface area contributed by atoms with E-state index < -0.39 is 0 Å². The number of thiazole rings is 1. The molecule has 0 radical (unpaired) electrons. The van der Waals surface area contributed by atoms with Crippen LogP contribution in [0.4, 0.5) is 0 Å². The Morgan fingerprint density at radius 2 is 2.22 bits per heavy atom. The zero-order chi connectivity index (χ0) is 16.2. The molecule has 0 aliphatic carbocycles. The Bertz CT molecular complexity index is 619. The molecule has 0 N–H and O–H groups in total. The third kappa shape index (κ3) is 4.59. The molecule has 0 unspecified atom stereocenters. The van der Waals surface area contributed by atoms with Crippen molar-refractivity contribution in [3.8, 4) is 0 Å². The van der Waals surface area contributed by atoms with E-state index in [2.05, 4.69) is 39.3 Å². The number of ether oxygens (including phenoxy) is 1. The van der Waals surface area contributed by atoms with Gasteiger partial charge in [0.05, 0.1) is 19.2 Å². The number of hydrogen-bond donors (Lipinski definition) is 0. The van der Waals surface area contributed by atoms with Crippen molar-refractivity contribution in [2.24, 2.45) is 0 Å². The first-order valence-electron chi connectivity index (χ1n) is 8.17. The summed E-state index contributed by atoms with van der Waals surface area (Å²) in [5.74, 6) is 1.62. The second-order valence-electron chi connectivity index (χ2n) is 6.38. The molecule has 1 fully saturated rings. The van der Waals surface area contributed by atoms with Crippen LogP contribution in [0.15, 0.2) is 9.80 Å². The normalized spacial score (nSPS) is 18.4. The van der Waals surface area contributed by atoms with Crippen LogP contribution in [-0.4, -0.2) is 39.3 Å². The molecule has 0 aromatic carbocycles. The minimum atomic E-state index is 0.254. The average molecular weight is 336 g/mol. The molecule has 23 heavy (non-hydrogen) atoms. The summed E-state index contributed by atoms with van der Waals surface area (Å²) in [5.41, 5.74) is 1.07. The van der Waals surface area contributed by atoms with Gasteiger partial charge in [0, 0.05) is 30.1 Å². The summed E-state index contributed by atoms with van der Waals surface area (Å²) in [5, 5.41) is 11.5. The summed E-state index contributed by atoms with van der Waals surface area (Å²) in [7, 11) is 0. The molecule has 7 heteroatoms. The highest BCUT2D eigenvalue weighted by Crippen LogP contribution is 2.19. The van der Waals surface area contributed by atoms with Crippen molar-refractivity contribution >= 4 is 11.3 Å². The Hall–Kier alpha value is -1.31. The van der Waals surface area contributed by atoms with Gasteiger partial charge in [-0.25, -0.2) is 4.98 Å². The monoisotopic (exact) mass is 336 g/mol. The fourth-order valence-electron chi connectivity index (χ4n) is 2.68. The maximum atomic E-state index is 5.78. The van der Waals surface area contributed by atoms with Gasteiger partial charge in [0.25, 0.3) is 0 Å². The maximum absolute atomic E-state index is 5.78. The summed E-state index contributed by atoms with van der Waals surface area (Å²) >= 11 is 1.70. The molecule has 6 nitrogen and oxygen atoms in total. The second-order valence-corrected chi connectivity index (χ2v) is 7.32. The summed E-state index contributed by atoms with van der Waals surface area (Å²) in [6.45, 7) is 9.30. The van der Waals surface area contributed by atoms with Crippen LogP contribution in [-0.2, 0) is 17.8 Å². The molecule has 0 amide bonds. The SMILES string of the molecule is Cc1csc(CN(Cc2nnc(C(C)C)o2)C[C@H]2CCCO2)n1. The third-order valence-electron chi connectivity index (χ3n) is 3.85. The average Bonchev–Trinajstić information content (AvgIpc) is 3.22. The van der Waals surface area contributed by atoms with Gasteiger partial charge in [0.2, 0.25) is 11.8 Å². The van der Waals surface area contributed by atoms with Crippen molar-refractivity contribution in [1.29, 1.82) is 0 Å². The van der Waals surface area contributed by atoms with E-state index in [-0.39, 0.29) is 5.92 Å². The third-order valence-corrected chi connectivity index (χ3v) is 4.80. The molecular weight excluding hydrogens is 312 g/mol. The first kappa shape index (κ1) is 16.5. The Balaban J connectivity index is 1.67. The fourth-order valence-corrected chi connectivity index (χ4v) is 3.50. The van der Waals surface area contributed by atoms with Gasteiger partial charge in [-0.3, -0.25) is 4.90 Å². The van der Waals surface area contributed by atoms with Crippen LogP contribution in [0.2, 0.25) is 0 Å². The first-order valence-corrected chi connectivity index (χ1v) is 9.05. The van der Waals surface area contributed by atoms with Gasteiger partial charge in [0.15, 0.2) is 0 Å². The van der Waals surface area contributed by atoms with Crippen LogP contribution >= 0.6 is 11.3 Å². The summed E-state index contributed by atoms with van der Waals surface area (Å²) in [6.07, 6.45) is 2.56. The Kier molecular flexibility index (Phi) is 5.40. The van der Waals surface area contributed by atoms with Crippen molar-refractivity contribution in [2.45, 2.75) is 58.7 Å². The molecule has 1 atom stereocenters. The molecular formula is C16H24N4O2S. The molecule has 1 saturated heterocycles. The molecule has 0 saturated carbocycles. The van der Waals surface area contributed by atoms with E-state index in [1.165, 1.54) is 0 Å². The molecule has 3 rings (SSSR count). The first-order chi connectivity index (χ1) is 11.1. The highest BCUT2D eigenvalue weighted by Gasteiger charge is 2.22. The number of hydrogen-bond acceptors (Lipinski definition) is 7. The molecule has 0 bridgehead atoms. The van der Waals surface area contributed by atoms with Gasteiger partial charge in [-0.2, -0.15) is 0 Å². The number of aryl methyl sites for hydroxylation is 1. The van der Waals surface area contributed by atoms with E-state index in [0.29, 0.717) is 24.4 Å². The van der Waals surface area contributed by atoms with E-state index in [4.69, 9.17) is 9.15 Å². The maximum Gasteiger partial charge on any atom is 0.230 e. The van der Waals surface area contributed by atoms with Gasteiger partial charge in [0.1, 0.15) is 5.01 Å². The summed E-state index contributed by atoms with van der Waals surface area (Å²) in [4.78, 5) is 6.87. The molecule has 126 valence electrons. The van der Waals surface area contributed by atoms with Gasteiger partial charge < -0.3 is 9.15 Å². The van der Waals surface area contributed by atoms with Gasteiger partial charge in [-0.1, -0.05) is 13.8 Å². The zero-order valence-corrected chi connectivity index (χ0v) is 14.8. The Labute approximate surface area is 140 Å². The van der Waals surface area contributed by atoms with Crippen LogP contribution in [0.5, 0.6) is 0 Å². The smallest absolute Gasteiger partial charge is 0.230 e. The number of aromatic nitrogens is 3. The standard InChI is InChI=1S/C16H24N4O2S/c1-11(2)16-19-18-14(22-16)8-20(7-13-5-4-6-21-13)9-15-17-12(3)10-23-15/h10-11,13H,4-9H2,1-3H3/t13-/m1/s1. The van der Waals surface area contributed by atoms with E-state index >= 15 is 0 Å².